The van der Waals surface area contributed by atoms with E-state index in [1.165, 1.54) is 19.3 Å². The van der Waals surface area contributed by atoms with Crippen molar-refractivity contribution in [3.05, 3.63) is 0 Å². The van der Waals surface area contributed by atoms with E-state index in [1.807, 2.05) is 0 Å². The van der Waals surface area contributed by atoms with E-state index in [0.29, 0.717) is 26.4 Å². The third-order valence-electron chi connectivity index (χ3n) is 6.99. The molecule has 4 bridgehead atoms. The predicted molar refractivity (Wildman–Crippen MR) is 89.4 cm³/mol. The molecular weight excluding hydrogens is 306 g/mol. The zero-order chi connectivity index (χ0) is 16.6. The van der Waals surface area contributed by atoms with Crippen LogP contribution in [0.25, 0.3) is 0 Å². The van der Waals surface area contributed by atoms with E-state index in [1.54, 1.807) is 0 Å². The Morgan fingerprint density at radius 3 is 2.21 bits per heavy atom. The van der Waals surface area contributed by atoms with E-state index in [-0.39, 0.29) is 23.5 Å². The van der Waals surface area contributed by atoms with Crippen molar-refractivity contribution in [3.8, 4) is 0 Å². The van der Waals surface area contributed by atoms with Gasteiger partial charge >= 0.3 is 0 Å². The predicted octanol–water partition coefficient (Wildman–Crippen LogP) is 1.88. The molecule has 136 valence electrons. The smallest absolute Gasteiger partial charge is 0.226 e. The van der Waals surface area contributed by atoms with Gasteiger partial charge in [-0.25, -0.2) is 0 Å². The summed E-state index contributed by atoms with van der Waals surface area (Å²) in [5, 5.41) is 12.4. The fraction of sp³-hybridized carbons (Fsp3) is 0.947. The number of hydrogen-bond donors (Lipinski definition) is 2. The molecule has 5 nitrogen and oxygen atoms in total. The van der Waals surface area contributed by atoms with Crippen molar-refractivity contribution in [2.24, 2.45) is 23.2 Å². The summed E-state index contributed by atoms with van der Waals surface area (Å²) in [6, 6.07) is 0. The molecule has 1 heterocycles. The van der Waals surface area contributed by atoms with Crippen molar-refractivity contribution in [2.45, 2.75) is 57.0 Å². The van der Waals surface area contributed by atoms with Crippen molar-refractivity contribution >= 4 is 5.91 Å². The van der Waals surface area contributed by atoms with Crippen LogP contribution in [0.1, 0.15) is 51.4 Å². The number of aliphatic hydroxyl groups is 1. The zero-order valence-corrected chi connectivity index (χ0v) is 14.6. The van der Waals surface area contributed by atoms with Crippen LogP contribution in [0.5, 0.6) is 0 Å². The summed E-state index contributed by atoms with van der Waals surface area (Å²) in [5.41, 5.74) is -0.461. The van der Waals surface area contributed by atoms with E-state index >= 15 is 0 Å². The molecule has 5 fully saturated rings. The summed E-state index contributed by atoms with van der Waals surface area (Å²) in [7, 11) is 0. The topological polar surface area (TPSA) is 67.8 Å². The SMILES string of the molecule is O=C(NCC1(OCCO)CCOCC1)C12CC3CC(CC(C3)C1)C2. The van der Waals surface area contributed by atoms with Gasteiger partial charge in [-0.3, -0.25) is 4.79 Å². The van der Waals surface area contributed by atoms with Crippen molar-refractivity contribution in [1.82, 2.24) is 5.32 Å². The highest BCUT2D eigenvalue weighted by atomic mass is 16.5. The van der Waals surface area contributed by atoms with Crippen LogP contribution in [0.15, 0.2) is 0 Å². The van der Waals surface area contributed by atoms with Crippen LogP contribution in [-0.4, -0.2) is 49.6 Å². The van der Waals surface area contributed by atoms with Gasteiger partial charge in [0.25, 0.3) is 0 Å². The molecule has 1 saturated heterocycles. The van der Waals surface area contributed by atoms with Crippen molar-refractivity contribution < 1.29 is 19.4 Å². The minimum atomic E-state index is -0.362. The van der Waals surface area contributed by atoms with Gasteiger partial charge in [-0.15, -0.1) is 0 Å². The summed E-state index contributed by atoms with van der Waals surface area (Å²) in [4.78, 5) is 13.1. The molecule has 4 saturated carbocycles. The first kappa shape index (κ1) is 16.8. The Morgan fingerprint density at radius 1 is 1.08 bits per heavy atom. The zero-order valence-electron chi connectivity index (χ0n) is 14.6. The van der Waals surface area contributed by atoms with Crippen molar-refractivity contribution in [3.63, 3.8) is 0 Å². The number of carbonyl (C=O) groups is 1. The average molecular weight is 337 g/mol. The molecule has 5 aliphatic rings. The van der Waals surface area contributed by atoms with Crippen molar-refractivity contribution in [1.29, 1.82) is 0 Å². The number of hydrogen-bond acceptors (Lipinski definition) is 4. The summed E-state index contributed by atoms with van der Waals surface area (Å²) in [6.45, 7) is 2.23. The van der Waals surface area contributed by atoms with E-state index < -0.39 is 0 Å². The largest absolute Gasteiger partial charge is 0.394 e. The van der Waals surface area contributed by atoms with Crippen LogP contribution in [0.3, 0.4) is 0 Å². The second-order valence-electron chi connectivity index (χ2n) is 8.75. The Balaban J connectivity index is 1.40. The molecule has 1 aliphatic heterocycles. The molecule has 0 radical (unpaired) electrons. The molecule has 0 aromatic rings. The van der Waals surface area contributed by atoms with Crippen molar-refractivity contribution in [2.75, 3.05) is 33.0 Å². The maximum atomic E-state index is 13.1. The number of aliphatic hydroxyl groups excluding tert-OH is 1. The molecule has 1 amide bonds. The van der Waals surface area contributed by atoms with Crippen LogP contribution in [0.2, 0.25) is 0 Å². The lowest BCUT2D eigenvalue weighted by molar-refractivity contribution is -0.151. The van der Waals surface area contributed by atoms with Gasteiger partial charge in [-0.2, -0.15) is 0 Å². The quantitative estimate of drug-likeness (QED) is 0.776. The summed E-state index contributed by atoms with van der Waals surface area (Å²) in [5.74, 6) is 2.61. The lowest BCUT2D eigenvalue weighted by Gasteiger charge is -2.55. The molecule has 24 heavy (non-hydrogen) atoms. The molecule has 5 rings (SSSR count). The minimum absolute atomic E-state index is 0.0194. The number of carbonyl (C=O) groups excluding carboxylic acids is 1. The Kier molecular flexibility index (Phi) is 4.61. The molecule has 2 N–H and O–H groups in total. The summed E-state index contributed by atoms with van der Waals surface area (Å²) >= 11 is 0. The first-order valence-electron chi connectivity index (χ1n) is 9.74. The second kappa shape index (κ2) is 6.58. The van der Waals surface area contributed by atoms with Gasteiger partial charge in [0.1, 0.15) is 0 Å². The van der Waals surface area contributed by atoms with Gasteiger partial charge in [-0.05, 0) is 56.3 Å². The number of rotatable bonds is 6. The Morgan fingerprint density at radius 2 is 1.67 bits per heavy atom. The molecule has 0 aromatic carbocycles. The normalized spacial score (nSPS) is 39.8. The fourth-order valence-corrected chi connectivity index (χ4v) is 6.20. The van der Waals surface area contributed by atoms with Crippen LogP contribution in [0.4, 0.5) is 0 Å². The van der Waals surface area contributed by atoms with E-state index in [0.717, 1.165) is 49.9 Å². The summed E-state index contributed by atoms with van der Waals surface area (Å²) < 4.78 is 11.4. The fourth-order valence-electron chi connectivity index (χ4n) is 6.20. The third-order valence-corrected chi connectivity index (χ3v) is 6.99. The lowest BCUT2D eigenvalue weighted by Crippen LogP contribution is -2.56. The number of nitrogens with one attached hydrogen (secondary N) is 1. The van der Waals surface area contributed by atoms with E-state index in [4.69, 9.17) is 14.6 Å². The first-order valence-corrected chi connectivity index (χ1v) is 9.74. The molecule has 4 aliphatic carbocycles. The van der Waals surface area contributed by atoms with E-state index in [2.05, 4.69) is 5.32 Å². The number of amides is 1. The Bertz CT molecular complexity index is 437. The maximum Gasteiger partial charge on any atom is 0.226 e. The van der Waals surface area contributed by atoms with Gasteiger partial charge in [0.05, 0.1) is 18.8 Å². The highest BCUT2D eigenvalue weighted by Gasteiger charge is 2.54. The van der Waals surface area contributed by atoms with Crippen LogP contribution >= 0.6 is 0 Å². The lowest BCUT2D eigenvalue weighted by atomic mass is 9.49. The molecule has 5 heteroatoms. The second-order valence-corrected chi connectivity index (χ2v) is 8.75. The molecule has 0 unspecified atom stereocenters. The highest BCUT2D eigenvalue weighted by molar-refractivity contribution is 5.83. The van der Waals surface area contributed by atoms with Gasteiger partial charge in [0, 0.05) is 38.0 Å². The molecular formula is C19H31NO4. The number of ether oxygens (including phenoxy) is 2. The Hall–Kier alpha value is -0.650. The van der Waals surface area contributed by atoms with Gasteiger partial charge in [0.2, 0.25) is 5.91 Å². The first-order chi connectivity index (χ1) is 11.6. The van der Waals surface area contributed by atoms with Crippen LogP contribution in [0, 0.1) is 23.2 Å². The summed E-state index contributed by atoms with van der Waals surface area (Å²) in [6.07, 6.45) is 8.92. The maximum absolute atomic E-state index is 13.1. The van der Waals surface area contributed by atoms with Crippen LogP contribution in [-0.2, 0) is 14.3 Å². The molecule has 0 spiro atoms. The molecule has 0 atom stereocenters. The van der Waals surface area contributed by atoms with Gasteiger partial charge in [-0.1, -0.05) is 0 Å². The highest BCUT2D eigenvalue weighted by Crippen LogP contribution is 2.60. The minimum Gasteiger partial charge on any atom is -0.394 e. The third kappa shape index (κ3) is 3.11. The van der Waals surface area contributed by atoms with Crippen LogP contribution < -0.4 is 5.32 Å². The van der Waals surface area contributed by atoms with Gasteiger partial charge in [0.15, 0.2) is 0 Å². The standard InChI is InChI=1S/C19H31NO4/c21-3-6-24-19(1-4-23-5-2-19)13-20-17(22)18-10-14-7-15(11-18)9-16(8-14)12-18/h14-16,21H,1-13H2,(H,20,22). The molecule has 0 aromatic heterocycles. The monoisotopic (exact) mass is 337 g/mol. The van der Waals surface area contributed by atoms with E-state index in [9.17, 15) is 4.79 Å². The average Bonchev–Trinajstić information content (AvgIpc) is 2.58. The Labute approximate surface area is 144 Å². The van der Waals surface area contributed by atoms with Gasteiger partial charge < -0.3 is 19.9 Å².